The molecule has 3 aromatic carbocycles. The van der Waals surface area contributed by atoms with Gasteiger partial charge in [0, 0.05) is 27.8 Å². The number of rotatable bonds is 2. The van der Waals surface area contributed by atoms with Crippen LogP contribution in [0.1, 0.15) is 6.85 Å². The Kier molecular flexibility index (Phi) is 2.86. The Hall–Kier alpha value is -3.17. The summed E-state index contributed by atoms with van der Waals surface area (Å²) in [5, 5.41) is 0. The van der Waals surface area contributed by atoms with Crippen LogP contribution >= 0.6 is 11.8 Å². The molecule has 4 aliphatic rings. The van der Waals surface area contributed by atoms with Gasteiger partial charge in [0.25, 0.3) is 0 Å². The highest BCUT2D eigenvalue weighted by molar-refractivity contribution is 8.03. The van der Waals surface area contributed by atoms with E-state index in [4.69, 9.17) is 6.85 Å². The van der Waals surface area contributed by atoms with E-state index in [1.807, 2.05) is 30.3 Å². The summed E-state index contributed by atoms with van der Waals surface area (Å²) >= 11 is 1.73. The van der Waals surface area contributed by atoms with Gasteiger partial charge in [0.1, 0.15) is 0 Å². The molecule has 3 heteroatoms. The van der Waals surface area contributed by atoms with E-state index >= 15 is 0 Å². The van der Waals surface area contributed by atoms with E-state index < -0.39 is 0 Å². The highest BCUT2D eigenvalue weighted by Gasteiger charge is 2.49. The van der Waals surface area contributed by atoms with E-state index in [1.165, 1.54) is 16.1 Å². The van der Waals surface area contributed by atoms with Gasteiger partial charge in [0.05, 0.1) is 6.85 Å². The number of nitrogens with zero attached hydrogens (tertiary/aromatic N) is 1. The molecule has 0 spiro atoms. The molecule has 2 aliphatic heterocycles. The Bertz CT molecular complexity index is 1560. The molecule has 2 heterocycles. The fourth-order valence-corrected chi connectivity index (χ4v) is 6.65. The molecule has 0 aromatic heterocycles. The monoisotopic (exact) mass is 418 g/mol. The van der Waals surface area contributed by atoms with Crippen LogP contribution in [0.15, 0.2) is 125 Å². The lowest BCUT2D eigenvalue weighted by molar-refractivity contribution is 1.03. The van der Waals surface area contributed by atoms with Crippen LogP contribution in [0.4, 0.5) is 11.4 Å². The fraction of sp³-hybridized carbons (Fsp3) is 0.0714. The maximum absolute atomic E-state index is 8.61. The number of para-hydroxylation sites is 1. The SMILES string of the molecule is [2H]c1c([2H])c([2H])c(-c2cc3c4c(c2)N(c2ccccc2)C2=CC=CC2B4C2C=CC=C2S3)c([2H])c1[2H]. The van der Waals surface area contributed by atoms with Crippen LogP contribution in [-0.4, -0.2) is 6.71 Å². The predicted octanol–water partition coefficient (Wildman–Crippen LogP) is 6.96. The second-order valence-electron chi connectivity index (χ2n) is 8.19. The molecule has 0 bridgehead atoms. The van der Waals surface area contributed by atoms with Gasteiger partial charge in [0.15, 0.2) is 0 Å². The van der Waals surface area contributed by atoms with Crippen molar-refractivity contribution in [1.29, 1.82) is 0 Å². The van der Waals surface area contributed by atoms with E-state index in [-0.39, 0.29) is 48.3 Å². The van der Waals surface area contributed by atoms with Crippen molar-refractivity contribution in [3.8, 4) is 11.1 Å². The minimum atomic E-state index is -0.372. The van der Waals surface area contributed by atoms with Crippen LogP contribution in [0.5, 0.6) is 0 Å². The van der Waals surface area contributed by atoms with Gasteiger partial charge < -0.3 is 4.90 Å². The summed E-state index contributed by atoms with van der Waals surface area (Å²) in [4.78, 5) is 4.67. The molecular formula is C28H20BNS. The van der Waals surface area contributed by atoms with E-state index in [2.05, 4.69) is 53.5 Å². The molecule has 3 aromatic rings. The number of thioether (sulfide) groups is 1. The standard InChI is InChI=1S/C28H20BNS/c1-3-9-19(10-4-1)20-17-25-28-27(18-20)31-26-16-8-14-23(26)29(28)22-13-7-15-24(22)30(25)21-11-5-2-6-12-21/h1-18,22-23H/i1D,3D,4D,9D,10D. The summed E-state index contributed by atoms with van der Waals surface area (Å²) in [7, 11) is 0. The number of anilines is 2. The first-order valence-corrected chi connectivity index (χ1v) is 11.3. The predicted molar refractivity (Wildman–Crippen MR) is 134 cm³/mol. The molecule has 0 radical (unpaired) electrons. The fourth-order valence-electron chi connectivity index (χ4n) is 5.35. The van der Waals surface area contributed by atoms with Gasteiger partial charge in [-0.3, -0.25) is 0 Å². The average Bonchev–Trinajstić information content (AvgIpc) is 3.56. The minimum Gasteiger partial charge on any atom is -0.315 e. The lowest BCUT2D eigenvalue weighted by atomic mass is 9.29. The lowest BCUT2D eigenvalue weighted by Crippen LogP contribution is -2.50. The van der Waals surface area contributed by atoms with Gasteiger partial charge in [-0.05, 0) is 57.7 Å². The molecule has 7 rings (SSSR count). The van der Waals surface area contributed by atoms with Gasteiger partial charge in [-0.2, -0.15) is 0 Å². The number of fused-ring (bicyclic) bond motifs is 4. The van der Waals surface area contributed by atoms with Crippen LogP contribution in [-0.2, 0) is 0 Å². The number of benzene rings is 3. The first-order valence-electron chi connectivity index (χ1n) is 13.0. The number of hydrogen-bond donors (Lipinski definition) is 0. The van der Waals surface area contributed by atoms with Crippen LogP contribution in [0.2, 0.25) is 11.6 Å². The average molecular weight is 418 g/mol. The molecule has 2 unspecified atom stereocenters. The molecule has 0 fully saturated rings. The molecule has 0 amide bonds. The van der Waals surface area contributed by atoms with Gasteiger partial charge in [-0.25, -0.2) is 0 Å². The molecule has 0 N–H and O–H groups in total. The molecule has 146 valence electrons. The highest BCUT2D eigenvalue weighted by Crippen LogP contribution is 2.55. The zero-order valence-electron chi connectivity index (χ0n) is 21.6. The van der Waals surface area contributed by atoms with Crippen molar-refractivity contribution in [2.24, 2.45) is 0 Å². The van der Waals surface area contributed by atoms with Gasteiger partial charge in [0.2, 0.25) is 6.71 Å². The molecule has 31 heavy (non-hydrogen) atoms. The largest absolute Gasteiger partial charge is 0.315 e. The summed E-state index contributed by atoms with van der Waals surface area (Å²) in [5.41, 5.74) is 5.42. The van der Waals surface area contributed by atoms with Crippen molar-refractivity contribution >= 4 is 35.3 Å². The van der Waals surface area contributed by atoms with Crippen molar-refractivity contribution < 1.29 is 6.85 Å². The number of allylic oxidation sites excluding steroid dienone is 7. The summed E-state index contributed by atoms with van der Waals surface area (Å²) in [6.45, 7) is 0.250. The quantitative estimate of drug-likeness (QED) is 0.414. The van der Waals surface area contributed by atoms with Crippen molar-refractivity contribution in [2.45, 2.75) is 16.5 Å². The summed E-state index contributed by atoms with van der Waals surface area (Å²) < 4.78 is 41.7. The minimum absolute atomic E-state index is 0.174. The van der Waals surface area contributed by atoms with Crippen molar-refractivity contribution in [2.75, 3.05) is 4.90 Å². The van der Waals surface area contributed by atoms with E-state index in [0.29, 0.717) is 11.4 Å². The molecule has 2 aliphatic carbocycles. The van der Waals surface area contributed by atoms with E-state index in [9.17, 15) is 0 Å². The first-order chi connectivity index (χ1) is 17.5. The first kappa shape index (κ1) is 13.3. The Morgan fingerprint density at radius 2 is 1.68 bits per heavy atom. The van der Waals surface area contributed by atoms with Gasteiger partial charge >= 0.3 is 0 Å². The Morgan fingerprint density at radius 1 is 0.871 bits per heavy atom. The third kappa shape index (κ3) is 2.53. The Labute approximate surface area is 194 Å². The highest BCUT2D eigenvalue weighted by atomic mass is 32.2. The normalized spacial score (nSPS) is 24.3. The Morgan fingerprint density at radius 3 is 2.55 bits per heavy atom. The van der Waals surface area contributed by atoms with Gasteiger partial charge in [-0.1, -0.05) is 90.6 Å². The Balaban J connectivity index is 1.55. The van der Waals surface area contributed by atoms with E-state index in [1.54, 1.807) is 11.8 Å². The second kappa shape index (κ2) is 6.67. The summed E-state index contributed by atoms with van der Waals surface area (Å²) in [6, 6.07) is 13.0. The van der Waals surface area contributed by atoms with Crippen molar-refractivity contribution in [3.05, 3.63) is 120 Å². The smallest absolute Gasteiger partial charge is 0.205 e. The maximum atomic E-state index is 8.61. The van der Waals surface area contributed by atoms with Crippen LogP contribution in [0.25, 0.3) is 11.1 Å². The maximum Gasteiger partial charge on any atom is 0.205 e. The van der Waals surface area contributed by atoms with E-state index in [0.717, 1.165) is 16.3 Å². The zero-order valence-corrected chi connectivity index (χ0v) is 17.4. The molecular weight excluding hydrogens is 393 g/mol. The third-order valence-corrected chi connectivity index (χ3v) is 7.79. The summed E-state index contributed by atoms with van der Waals surface area (Å²) in [5.74, 6) is 0.544. The summed E-state index contributed by atoms with van der Waals surface area (Å²) in [6.07, 6.45) is 13.2. The molecule has 1 nitrogen and oxygen atoms in total. The molecule has 0 saturated carbocycles. The second-order valence-corrected chi connectivity index (χ2v) is 9.30. The zero-order chi connectivity index (χ0) is 24.7. The number of hydrogen-bond acceptors (Lipinski definition) is 2. The van der Waals surface area contributed by atoms with Crippen LogP contribution in [0.3, 0.4) is 0 Å². The lowest BCUT2D eigenvalue weighted by Gasteiger charge is -2.45. The van der Waals surface area contributed by atoms with Crippen molar-refractivity contribution in [3.63, 3.8) is 0 Å². The van der Waals surface area contributed by atoms with Crippen molar-refractivity contribution in [1.82, 2.24) is 0 Å². The topological polar surface area (TPSA) is 3.24 Å². The third-order valence-electron chi connectivity index (χ3n) is 6.59. The van der Waals surface area contributed by atoms with Crippen LogP contribution < -0.4 is 10.4 Å². The molecule has 0 saturated heterocycles. The van der Waals surface area contributed by atoms with Gasteiger partial charge in [-0.15, -0.1) is 0 Å². The molecule has 2 atom stereocenters. The van der Waals surface area contributed by atoms with Crippen LogP contribution in [0, 0.1) is 0 Å².